The zero-order valence-corrected chi connectivity index (χ0v) is 15.4. The molecule has 1 unspecified atom stereocenters. The molecule has 0 fully saturated rings. The maximum absolute atomic E-state index is 11.9. The molecule has 0 radical (unpaired) electrons. The third kappa shape index (κ3) is 5.20. The highest BCUT2D eigenvalue weighted by molar-refractivity contribution is 7.08. The van der Waals surface area contributed by atoms with Crippen LogP contribution in [0.1, 0.15) is 42.1 Å². The summed E-state index contributed by atoms with van der Waals surface area (Å²) in [6, 6.07) is 5.33. The highest BCUT2D eigenvalue weighted by Crippen LogP contribution is 2.20. The molecule has 0 aromatic carbocycles. The van der Waals surface area contributed by atoms with Gasteiger partial charge in [-0.3, -0.25) is 14.6 Å². The summed E-state index contributed by atoms with van der Waals surface area (Å²) < 4.78 is 10.5. The third-order valence-electron chi connectivity index (χ3n) is 3.64. The monoisotopic (exact) mass is 386 g/mol. The largest absolute Gasteiger partial charge is 0.453 e. The SMILES string of the molecule is CC(OC(=O)CCCNC(=O)c1ccsc1)c1nc(-c2cccnc2)no1. The highest BCUT2D eigenvalue weighted by Gasteiger charge is 2.19. The molecule has 3 rings (SSSR count). The summed E-state index contributed by atoms with van der Waals surface area (Å²) >= 11 is 1.46. The number of hydrogen-bond acceptors (Lipinski definition) is 8. The van der Waals surface area contributed by atoms with Crippen LogP contribution in [0, 0.1) is 0 Å². The number of carbonyl (C=O) groups is 2. The summed E-state index contributed by atoms with van der Waals surface area (Å²) in [7, 11) is 0. The van der Waals surface area contributed by atoms with Gasteiger partial charge in [0.15, 0.2) is 6.10 Å². The summed E-state index contributed by atoms with van der Waals surface area (Å²) in [4.78, 5) is 32.0. The second-order valence-electron chi connectivity index (χ2n) is 5.70. The first kappa shape index (κ1) is 18.7. The number of nitrogens with zero attached hydrogens (tertiary/aromatic N) is 3. The van der Waals surface area contributed by atoms with Gasteiger partial charge in [-0.15, -0.1) is 0 Å². The summed E-state index contributed by atoms with van der Waals surface area (Å²) in [6.45, 7) is 2.06. The number of amides is 1. The van der Waals surface area contributed by atoms with Gasteiger partial charge in [0.25, 0.3) is 11.8 Å². The van der Waals surface area contributed by atoms with E-state index in [1.165, 1.54) is 11.3 Å². The van der Waals surface area contributed by atoms with Gasteiger partial charge in [0.1, 0.15) is 0 Å². The van der Waals surface area contributed by atoms with E-state index >= 15 is 0 Å². The molecule has 0 aliphatic carbocycles. The lowest BCUT2D eigenvalue weighted by Gasteiger charge is -2.09. The lowest BCUT2D eigenvalue weighted by Crippen LogP contribution is -2.24. The predicted octanol–water partition coefficient (Wildman–Crippen LogP) is 3.01. The fourth-order valence-electron chi connectivity index (χ4n) is 2.25. The van der Waals surface area contributed by atoms with Gasteiger partial charge < -0.3 is 14.6 Å². The van der Waals surface area contributed by atoms with Crippen molar-refractivity contribution in [2.45, 2.75) is 25.9 Å². The Bertz CT molecular complexity index is 880. The first-order valence-corrected chi connectivity index (χ1v) is 9.31. The average Bonchev–Trinajstić information content (AvgIpc) is 3.38. The molecule has 27 heavy (non-hydrogen) atoms. The maximum Gasteiger partial charge on any atom is 0.306 e. The molecule has 1 amide bonds. The highest BCUT2D eigenvalue weighted by atomic mass is 32.1. The Labute approximate surface area is 159 Å². The number of carbonyl (C=O) groups excluding carboxylic acids is 2. The van der Waals surface area contributed by atoms with Crippen LogP contribution < -0.4 is 5.32 Å². The summed E-state index contributed by atoms with van der Waals surface area (Å²) in [5.41, 5.74) is 1.34. The van der Waals surface area contributed by atoms with Crippen LogP contribution in [0.3, 0.4) is 0 Å². The Morgan fingerprint density at radius 1 is 1.37 bits per heavy atom. The fraction of sp³-hybridized carbons (Fsp3) is 0.278. The zero-order valence-electron chi connectivity index (χ0n) is 14.6. The van der Waals surface area contributed by atoms with Gasteiger partial charge in [0.05, 0.1) is 0 Å². The molecule has 3 aromatic heterocycles. The second-order valence-corrected chi connectivity index (χ2v) is 6.48. The van der Waals surface area contributed by atoms with Crippen LogP contribution in [-0.4, -0.2) is 33.5 Å². The van der Waals surface area contributed by atoms with E-state index in [1.807, 2.05) is 11.4 Å². The molecule has 0 bridgehead atoms. The van der Waals surface area contributed by atoms with Gasteiger partial charge in [-0.05, 0) is 36.9 Å². The number of hydrogen-bond donors (Lipinski definition) is 1. The fourth-order valence-corrected chi connectivity index (χ4v) is 2.89. The van der Waals surface area contributed by atoms with Crippen molar-refractivity contribution in [1.82, 2.24) is 20.4 Å². The van der Waals surface area contributed by atoms with Gasteiger partial charge in [0.2, 0.25) is 5.82 Å². The smallest absolute Gasteiger partial charge is 0.306 e. The number of aromatic nitrogens is 3. The first-order chi connectivity index (χ1) is 13.1. The molecule has 0 aliphatic rings. The van der Waals surface area contributed by atoms with Crippen molar-refractivity contribution < 1.29 is 18.8 Å². The molecule has 8 nitrogen and oxygen atoms in total. The minimum atomic E-state index is -0.657. The van der Waals surface area contributed by atoms with Crippen molar-refractivity contribution in [1.29, 1.82) is 0 Å². The van der Waals surface area contributed by atoms with E-state index in [9.17, 15) is 9.59 Å². The molecule has 9 heteroatoms. The van der Waals surface area contributed by atoms with Crippen molar-refractivity contribution in [3.63, 3.8) is 0 Å². The average molecular weight is 386 g/mol. The predicted molar refractivity (Wildman–Crippen MR) is 97.9 cm³/mol. The first-order valence-electron chi connectivity index (χ1n) is 8.37. The Kier molecular flexibility index (Phi) is 6.26. The molecular formula is C18H18N4O4S. The Balaban J connectivity index is 1.41. The van der Waals surface area contributed by atoms with Crippen molar-refractivity contribution in [3.05, 3.63) is 52.8 Å². The molecule has 1 atom stereocenters. The normalized spacial score (nSPS) is 11.7. The minimum Gasteiger partial charge on any atom is -0.453 e. The van der Waals surface area contributed by atoms with Gasteiger partial charge in [-0.1, -0.05) is 5.16 Å². The number of thiophene rings is 1. The molecule has 0 saturated heterocycles. The number of pyridine rings is 1. The summed E-state index contributed by atoms with van der Waals surface area (Å²) in [6.07, 6.45) is 3.27. The quantitative estimate of drug-likeness (QED) is 0.468. The van der Waals surface area contributed by atoms with E-state index < -0.39 is 12.1 Å². The van der Waals surface area contributed by atoms with Crippen LogP contribution in [0.4, 0.5) is 0 Å². The lowest BCUT2D eigenvalue weighted by atomic mass is 10.2. The van der Waals surface area contributed by atoms with Crippen LogP contribution >= 0.6 is 11.3 Å². The van der Waals surface area contributed by atoms with E-state index in [4.69, 9.17) is 9.26 Å². The van der Waals surface area contributed by atoms with E-state index in [0.29, 0.717) is 29.9 Å². The Hall–Kier alpha value is -3.07. The Morgan fingerprint density at radius 3 is 3.00 bits per heavy atom. The number of ether oxygens (including phenoxy) is 1. The van der Waals surface area contributed by atoms with Crippen LogP contribution in [0.5, 0.6) is 0 Å². The van der Waals surface area contributed by atoms with Gasteiger partial charge in [0, 0.05) is 41.9 Å². The standard InChI is InChI=1S/C18H18N4O4S/c1-12(18-21-16(22-26-18)13-4-2-7-19-10-13)25-15(23)5-3-8-20-17(24)14-6-9-27-11-14/h2,4,6-7,9-12H,3,5,8H2,1H3,(H,20,24). The van der Waals surface area contributed by atoms with Crippen molar-refractivity contribution in [3.8, 4) is 11.4 Å². The van der Waals surface area contributed by atoms with Crippen LogP contribution in [0.25, 0.3) is 11.4 Å². The molecule has 1 N–H and O–H groups in total. The molecule has 3 aromatic rings. The minimum absolute atomic E-state index is 0.147. The molecule has 3 heterocycles. The number of nitrogens with one attached hydrogen (secondary N) is 1. The number of esters is 1. The van der Waals surface area contributed by atoms with Crippen LogP contribution in [0.15, 0.2) is 45.9 Å². The molecular weight excluding hydrogens is 368 g/mol. The van der Waals surface area contributed by atoms with Gasteiger partial charge in [-0.2, -0.15) is 16.3 Å². The molecule has 0 aliphatic heterocycles. The third-order valence-corrected chi connectivity index (χ3v) is 4.33. The topological polar surface area (TPSA) is 107 Å². The van der Waals surface area contributed by atoms with E-state index in [0.717, 1.165) is 0 Å². The van der Waals surface area contributed by atoms with Crippen LogP contribution in [0.2, 0.25) is 0 Å². The maximum atomic E-state index is 11.9. The van der Waals surface area contributed by atoms with Crippen molar-refractivity contribution in [2.24, 2.45) is 0 Å². The molecule has 140 valence electrons. The lowest BCUT2D eigenvalue weighted by molar-refractivity contribution is -0.149. The van der Waals surface area contributed by atoms with E-state index in [1.54, 1.807) is 36.8 Å². The molecule has 0 spiro atoms. The number of rotatable bonds is 8. The van der Waals surface area contributed by atoms with E-state index in [-0.39, 0.29) is 18.2 Å². The van der Waals surface area contributed by atoms with Gasteiger partial charge >= 0.3 is 5.97 Å². The summed E-state index contributed by atoms with van der Waals surface area (Å²) in [5, 5.41) is 10.2. The second kappa shape index (κ2) is 9.04. The summed E-state index contributed by atoms with van der Waals surface area (Å²) in [5.74, 6) is 0.0605. The van der Waals surface area contributed by atoms with Crippen LogP contribution in [-0.2, 0) is 9.53 Å². The van der Waals surface area contributed by atoms with Crippen molar-refractivity contribution in [2.75, 3.05) is 6.54 Å². The Morgan fingerprint density at radius 2 is 2.26 bits per heavy atom. The van der Waals surface area contributed by atoms with E-state index in [2.05, 4.69) is 20.4 Å². The molecule has 0 saturated carbocycles. The van der Waals surface area contributed by atoms with Crippen molar-refractivity contribution >= 4 is 23.2 Å². The zero-order chi connectivity index (χ0) is 19.1. The van der Waals surface area contributed by atoms with Gasteiger partial charge in [-0.25, -0.2) is 0 Å².